The Bertz CT molecular complexity index is 784. The minimum Gasteiger partial charge on any atom is -0.485 e. The third-order valence-corrected chi connectivity index (χ3v) is 5.51. The van der Waals surface area contributed by atoms with Gasteiger partial charge in [-0.2, -0.15) is 0 Å². The quantitative estimate of drug-likeness (QED) is 0.734. The predicted molar refractivity (Wildman–Crippen MR) is 97.9 cm³/mol. The first-order valence-electron chi connectivity index (χ1n) is 9.28. The monoisotopic (exact) mass is 356 g/mol. The van der Waals surface area contributed by atoms with E-state index in [-0.39, 0.29) is 23.6 Å². The molecule has 0 amide bonds. The van der Waals surface area contributed by atoms with Crippen LogP contribution in [0.4, 0.5) is 4.39 Å². The molecule has 2 aromatic rings. The van der Waals surface area contributed by atoms with Crippen molar-refractivity contribution in [1.82, 2.24) is 0 Å². The van der Waals surface area contributed by atoms with E-state index in [0.29, 0.717) is 18.3 Å². The Labute approximate surface area is 154 Å². The summed E-state index contributed by atoms with van der Waals surface area (Å²) in [6.45, 7) is 6.76. The largest absolute Gasteiger partial charge is 0.485 e. The maximum Gasteiger partial charge on any atom is 0.167 e. The molecule has 0 bridgehead atoms. The lowest BCUT2D eigenvalue weighted by Crippen LogP contribution is -2.48. The van der Waals surface area contributed by atoms with Crippen molar-refractivity contribution in [2.24, 2.45) is 5.92 Å². The van der Waals surface area contributed by atoms with Gasteiger partial charge in [0, 0.05) is 11.5 Å². The molecule has 2 aliphatic heterocycles. The molecule has 0 spiro atoms. The van der Waals surface area contributed by atoms with Crippen molar-refractivity contribution in [3.63, 3.8) is 0 Å². The molecule has 0 radical (unpaired) electrons. The lowest BCUT2D eigenvalue weighted by Gasteiger charge is -2.48. The average molecular weight is 356 g/mol. The van der Waals surface area contributed by atoms with E-state index in [0.717, 1.165) is 29.7 Å². The molecule has 0 aliphatic carbocycles. The SMILES string of the molecule is C[C@H]1CC[C@H]2[C@H](O1)c1cccc(OCc3ccc(F)cc3)c1OC2(C)C. The zero-order valence-corrected chi connectivity index (χ0v) is 15.5. The van der Waals surface area contributed by atoms with Gasteiger partial charge in [-0.05, 0) is 57.4 Å². The molecule has 26 heavy (non-hydrogen) atoms. The van der Waals surface area contributed by atoms with E-state index < -0.39 is 0 Å². The lowest BCUT2D eigenvalue weighted by atomic mass is 9.75. The highest BCUT2D eigenvalue weighted by molar-refractivity contribution is 5.50. The fraction of sp³-hybridized carbons (Fsp3) is 0.455. The highest BCUT2D eigenvalue weighted by atomic mass is 19.1. The Hall–Kier alpha value is -2.07. The van der Waals surface area contributed by atoms with E-state index in [1.165, 1.54) is 12.1 Å². The zero-order valence-electron chi connectivity index (χ0n) is 15.5. The van der Waals surface area contributed by atoms with Gasteiger partial charge in [-0.3, -0.25) is 0 Å². The number of rotatable bonds is 3. The van der Waals surface area contributed by atoms with Crippen LogP contribution in [-0.4, -0.2) is 11.7 Å². The average Bonchev–Trinajstić information content (AvgIpc) is 2.61. The lowest BCUT2D eigenvalue weighted by molar-refractivity contribution is -0.145. The number of para-hydroxylation sites is 1. The van der Waals surface area contributed by atoms with Crippen molar-refractivity contribution in [2.45, 2.75) is 58.0 Å². The molecule has 2 aliphatic rings. The summed E-state index contributed by atoms with van der Waals surface area (Å²) < 4.78 is 31.8. The highest BCUT2D eigenvalue weighted by Crippen LogP contribution is 2.53. The third-order valence-electron chi connectivity index (χ3n) is 5.51. The number of benzene rings is 2. The molecule has 3 atom stereocenters. The first-order chi connectivity index (χ1) is 12.4. The molecule has 0 aromatic heterocycles. The van der Waals surface area contributed by atoms with Gasteiger partial charge < -0.3 is 14.2 Å². The molecule has 2 heterocycles. The normalized spacial score (nSPS) is 26.4. The minimum atomic E-state index is -0.312. The predicted octanol–water partition coefficient (Wildman–Crippen LogP) is 5.43. The molecule has 138 valence electrons. The van der Waals surface area contributed by atoms with E-state index in [4.69, 9.17) is 14.2 Å². The maximum absolute atomic E-state index is 13.1. The summed E-state index contributed by atoms with van der Waals surface area (Å²) in [5, 5.41) is 0. The zero-order chi connectivity index (χ0) is 18.3. The van der Waals surface area contributed by atoms with Crippen LogP contribution < -0.4 is 9.47 Å². The molecule has 4 rings (SSSR count). The van der Waals surface area contributed by atoms with Crippen LogP contribution in [0.1, 0.15) is 50.8 Å². The Balaban J connectivity index is 1.63. The first kappa shape index (κ1) is 17.3. The van der Waals surface area contributed by atoms with Crippen LogP contribution in [0.25, 0.3) is 0 Å². The Kier molecular flexibility index (Phi) is 4.39. The van der Waals surface area contributed by atoms with E-state index in [1.807, 2.05) is 12.1 Å². The van der Waals surface area contributed by atoms with Gasteiger partial charge in [0.1, 0.15) is 18.0 Å². The number of halogens is 1. The van der Waals surface area contributed by atoms with E-state index in [2.05, 4.69) is 26.8 Å². The molecular weight excluding hydrogens is 331 g/mol. The minimum absolute atomic E-state index is 0.0341. The van der Waals surface area contributed by atoms with E-state index >= 15 is 0 Å². The van der Waals surface area contributed by atoms with Gasteiger partial charge in [0.2, 0.25) is 0 Å². The number of hydrogen-bond donors (Lipinski definition) is 0. The highest BCUT2D eigenvalue weighted by Gasteiger charge is 2.47. The smallest absolute Gasteiger partial charge is 0.167 e. The van der Waals surface area contributed by atoms with Crippen molar-refractivity contribution < 1.29 is 18.6 Å². The van der Waals surface area contributed by atoms with Gasteiger partial charge in [0.25, 0.3) is 0 Å². The molecule has 1 saturated heterocycles. The molecule has 4 heteroatoms. The van der Waals surface area contributed by atoms with Crippen molar-refractivity contribution in [2.75, 3.05) is 0 Å². The van der Waals surface area contributed by atoms with Crippen LogP contribution in [0.5, 0.6) is 11.5 Å². The van der Waals surface area contributed by atoms with Gasteiger partial charge in [0.05, 0.1) is 12.2 Å². The summed E-state index contributed by atoms with van der Waals surface area (Å²) in [5.41, 5.74) is 1.67. The number of fused-ring (bicyclic) bond motifs is 3. The van der Waals surface area contributed by atoms with Gasteiger partial charge in [0.15, 0.2) is 11.5 Å². The Morgan fingerprint density at radius 3 is 2.65 bits per heavy atom. The molecule has 0 saturated carbocycles. The van der Waals surface area contributed by atoms with E-state index in [1.54, 1.807) is 12.1 Å². The van der Waals surface area contributed by atoms with Crippen LogP contribution in [0.15, 0.2) is 42.5 Å². The Morgan fingerprint density at radius 1 is 1.12 bits per heavy atom. The fourth-order valence-electron chi connectivity index (χ4n) is 4.04. The van der Waals surface area contributed by atoms with Crippen LogP contribution >= 0.6 is 0 Å². The second kappa shape index (κ2) is 6.58. The molecule has 0 N–H and O–H groups in total. The number of ether oxygens (including phenoxy) is 3. The summed E-state index contributed by atoms with van der Waals surface area (Å²) in [7, 11) is 0. The van der Waals surface area contributed by atoms with Crippen LogP contribution in [0.2, 0.25) is 0 Å². The summed E-state index contributed by atoms with van der Waals surface area (Å²) >= 11 is 0. The van der Waals surface area contributed by atoms with Crippen molar-refractivity contribution >= 4 is 0 Å². The first-order valence-corrected chi connectivity index (χ1v) is 9.28. The van der Waals surface area contributed by atoms with Crippen LogP contribution in [-0.2, 0) is 11.3 Å². The van der Waals surface area contributed by atoms with Crippen molar-refractivity contribution in [1.29, 1.82) is 0 Å². The maximum atomic E-state index is 13.1. The molecule has 2 aromatic carbocycles. The summed E-state index contributed by atoms with van der Waals surface area (Å²) in [6.07, 6.45) is 2.44. The molecule has 1 fully saturated rings. The van der Waals surface area contributed by atoms with Crippen molar-refractivity contribution in [3.8, 4) is 11.5 Å². The summed E-state index contributed by atoms with van der Waals surface area (Å²) in [6, 6.07) is 12.3. The summed E-state index contributed by atoms with van der Waals surface area (Å²) in [4.78, 5) is 0. The fourth-order valence-corrected chi connectivity index (χ4v) is 4.04. The van der Waals surface area contributed by atoms with Crippen LogP contribution in [0.3, 0.4) is 0 Å². The molecule has 3 nitrogen and oxygen atoms in total. The van der Waals surface area contributed by atoms with Gasteiger partial charge in [-0.1, -0.05) is 24.3 Å². The second-order valence-corrected chi connectivity index (χ2v) is 7.85. The van der Waals surface area contributed by atoms with Gasteiger partial charge in [-0.15, -0.1) is 0 Å². The Morgan fingerprint density at radius 2 is 1.88 bits per heavy atom. The topological polar surface area (TPSA) is 27.7 Å². The van der Waals surface area contributed by atoms with E-state index in [9.17, 15) is 4.39 Å². The number of hydrogen-bond acceptors (Lipinski definition) is 3. The summed E-state index contributed by atoms with van der Waals surface area (Å²) in [5.74, 6) is 1.57. The van der Waals surface area contributed by atoms with Gasteiger partial charge >= 0.3 is 0 Å². The molecule has 0 unspecified atom stereocenters. The van der Waals surface area contributed by atoms with Crippen molar-refractivity contribution in [3.05, 3.63) is 59.4 Å². The molecular formula is C22H25FO3. The van der Waals surface area contributed by atoms with Crippen LogP contribution in [0, 0.1) is 11.7 Å². The second-order valence-electron chi connectivity index (χ2n) is 7.85. The van der Waals surface area contributed by atoms with Gasteiger partial charge in [-0.25, -0.2) is 4.39 Å². The standard InChI is InChI=1S/C22H25FO3/c1-14-7-12-18-20(25-14)17-5-4-6-19(21(17)26-22(18,2)3)24-13-15-8-10-16(23)11-9-15/h4-6,8-11,14,18,20H,7,12-13H2,1-3H3/t14-,18-,20+/m0/s1. The third kappa shape index (κ3) is 3.18.